The molecule has 0 N–H and O–H groups in total. The van der Waals surface area contributed by atoms with Crippen LogP contribution in [0.1, 0.15) is 51.4 Å². The second-order valence-electron chi connectivity index (χ2n) is 8.74. The molecule has 0 radical (unpaired) electrons. The summed E-state index contributed by atoms with van der Waals surface area (Å²) in [5.74, 6) is 1.41. The Bertz CT molecular complexity index is 1180. The summed E-state index contributed by atoms with van der Waals surface area (Å²) in [5, 5.41) is 0.540. The third kappa shape index (κ3) is 4.85. The molecule has 2 aromatic carbocycles. The summed E-state index contributed by atoms with van der Waals surface area (Å²) < 4.78 is 12.5. The van der Waals surface area contributed by atoms with E-state index in [0.717, 1.165) is 31.4 Å². The Hall–Kier alpha value is -3.19. The number of methoxy groups -OCH3 is 1. The minimum atomic E-state index is -0.410. The molecule has 1 heterocycles. The average molecular weight is 464 g/mol. The molecular formula is C27H33N3O4. The molecule has 0 bridgehead atoms. The van der Waals surface area contributed by atoms with Gasteiger partial charge < -0.3 is 14.4 Å². The van der Waals surface area contributed by atoms with Crippen LogP contribution in [0.4, 0.5) is 0 Å². The van der Waals surface area contributed by atoms with Crippen molar-refractivity contribution < 1.29 is 14.3 Å². The van der Waals surface area contributed by atoms with Gasteiger partial charge in [-0.2, -0.15) is 0 Å². The van der Waals surface area contributed by atoms with E-state index in [9.17, 15) is 9.59 Å². The topological polar surface area (TPSA) is 73.7 Å². The summed E-state index contributed by atoms with van der Waals surface area (Å²) in [5.41, 5.74) is 1.15. The van der Waals surface area contributed by atoms with Crippen LogP contribution in [-0.4, -0.2) is 47.2 Å². The number of fused-ring (bicyclic) bond motifs is 1. The van der Waals surface area contributed by atoms with Crippen molar-refractivity contribution in [2.45, 2.75) is 45.6 Å². The lowest BCUT2D eigenvalue weighted by Crippen LogP contribution is -2.41. The number of benzene rings is 2. The van der Waals surface area contributed by atoms with Crippen molar-refractivity contribution in [3.8, 4) is 11.4 Å². The highest BCUT2D eigenvalue weighted by Gasteiger charge is 2.32. The molecule has 4 rings (SSSR count). The van der Waals surface area contributed by atoms with Crippen LogP contribution in [0.2, 0.25) is 0 Å². The largest absolute Gasteiger partial charge is 0.494 e. The van der Waals surface area contributed by atoms with Gasteiger partial charge in [-0.1, -0.05) is 25.0 Å². The highest BCUT2D eigenvalue weighted by molar-refractivity contribution is 5.80. The van der Waals surface area contributed by atoms with Crippen molar-refractivity contribution in [1.82, 2.24) is 14.5 Å². The van der Waals surface area contributed by atoms with E-state index in [1.165, 1.54) is 0 Å². The fourth-order valence-electron chi connectivity index (χ4n) is 4.77. The standard InChI is InChI=1S/C27H33N3O4/c1-4-34-22-15-13-21(14-16-22)30-25(28-24-12-8-7-11-23(24)27(30)32)19(2)29(17-18-33-3)26(31)20-9-5-6-10-20/h7-8,11-16,19-20H,4-6,9-10,17-18H2,1-3H3. The smallest absolute Gasteiger partial charge is 0.266 e. The molecule has 0 aliphatic heterocycles. The van der Waals surface area contributed by atoms with E-state index in [4.69, 9.17) is 14.5 Å². The summed E-state index contributed by atoms with van der Waals surface area (Å²) in [6, 6.07) is 14.3. The fraction of sp³-hybridized carbons (Fsp3) is 0.444. The third-order valence-electron chi connectivity index (χ3n) is 6.57. The zero-order valence-electron chi connectivity index (χ0n) is 20.2. The third-order valence-corrected chi connectivity index (χ3v) is 6.57. The molecule has 3 aromatic rings. The quantitative estimate of drug-likeness (QED) is 0.467. The number of hydrogen-bond donors (Lipinski definition) is 0. The van der Waals surface area contributed by atoms with Gasteiger partial charge in [-0.3, -0.25) is 14.2 Å². The van der Waals surface area contributed by atoms with Crippen LogP contribution in [0, 0.1) is 5.92 Å². The van der Waals surface area contributed by atoms with Gasteiger partial charge in [-0.25, -0.2) is 4.98 Å². The fourth-order valence-corrected chi connectivity index (χ4v) is 4.77. The van der Waals surface area contributed by atoms with E-state index in [1.807, 2.05) is 61.2 Å². The Kier molecular flexibility index (Phi) is 7.63. The molecule has 1 aromatic heterocycles. The highest BCUT2D eigenvalue weighted by atomic mass is 16.5. The molecule has 7 nitrogen and oxygen atoms in total. The molecule has 0 spiro atoms. The molecule has 1 aliphatic carbocycles. The summed E-state index contributed by atoms with van der Waals surface area (Å²) in [7, 11) is 1.63. The van der Waals surface area contributed by atoms with Gasteiger partial charge in [0.2, 0.25) is 5.91 Å². The summed E-state index contributed by atoms with van der Waals surface area (Å²) >= 11 is 0. The molecule has 180 valence electrons. The molecule has 1 amide bonds. The first-order valence-corrected chi connectivity index (χ1v) is 12.1. The number of ether oxygens (including phenoxy) is 2. The SMILES string of the molecule is CCOc1ccc(-n2c(C(C)N(CCOC)C(=O)C3CCCC3)nc3ccccc3c2=O)cc1. The Morgan fingerprint density at radius 1 is 1.15 bits per heavy atom. The van der Waals surface area contributed by atoms with Gasteiger partial charge in [0, 0.05) is 19.6 Å². The van der Waals surface area contributed by atoms with Gasteiger partial charge in [-0.05, 0) is 63.1 Å². The maximum atomic E-state index is 13.7. The van der Waals surface area contributed by atoms with Crippen molar-refractivity contribution in [3.05, 3.63) is 64.7 Å². The van der Waals surface area contributed by atoms with E-state index in [0.29, 0.717) is 42.2 Å². The Labute approximate surface area is 200 Å². The predicted molar refractivity (Wildman–Crippen MR) is 132 cm³/mol. The second-order valence-corrected chi connectivity index (χ2v) is 8.74. The van der Waals surface area contributed by atoms with Crippen LogP contribution in [0.25, 0.3) is 16.6 Å². The van der Waals surface area contributed by atoms with E-state index in [1.54, 1.807) is 17.7 Å². The normalized spacial score (nSPS) is 14.9. The minimum Gasteiger partial charge on any atom is -0.494 e. The number of rotatable bonds is 9. The van der Waals surface area contributed by atoms with Gasteiger partial charge in [0.25, 0.3) is 5.56 Å². The Morgan fingerprint density at radius 2 is 1.85 bits per heavy atom. The van der Waals surface area contributed by atoms with Crippen LogP contribution in [-0.2, 0) is 9.53 Å². The highest BCUT2D eigenvalue weighted by Crippen LogP contribution is 2.31. The number of aromatic nitrogens is 2. The van der Waals surface area contributed by atoms with Crippen molar-refractivity contribution >= 4 is 16.8 Å². The molecule has 1 atom stereocenters. The molecule has 34 heavy (non-hydrogen) atoms. The number of hydrogen-bond acceptors (Lipinski definition) is 5. The van der Waals surface area contributed by atoms with Crippen molar-refractivity contribution in [1.29, 1.82) is 0 Å². The maximum Gasteiger partial charge on any atom is 0.266 e. The van der Waals surface area contributed by atoms with Crippen molar-refractivity contribution in [2.24, 2.45) is 5.92 Å². The lowest BCUT2D eigenvalue weighted by molar-refractivity contribution is -0.138. The van der Waals surface area contributed by atoms with Crippen LogP contribution < -0.4 is 10.3 Å². The molecule has 1 unspecified atom stereocenters. The second kappa shape index (κ2) is 10.8. The monoisotopic (exact) mass is 463 g/mol. The number of amides is 1. The Balaban J connectivity index is 1.84. The lowest BCUT2D eigenvalue weighted by Gasteiger charge is -2.32. The minimum absolute atomic E-state index is 0.0189. The summed E-state index contributed by atoms with van der Waals surface area (Å²) in [4.78, 5) is 33.9. The number of carbonyl (C=O) groups excluding carboxylic acids is 1. The molecule has 0 saturated heterocycles. The summed E-state index contributed by atoms with van der Waals surface area (Å²) in [6.07, 6.45) is 3.97. The summed E-state index contributed by atoms with van der Waals surface area (Å²) in [6.45, 7) is 5.31. The van der Waals surface area contributed by atoms with Crippen LogP contribution in [0.3, 0.4) is 0 Å². The molecule has 7 heteroatoms. The van der Waals surface area contributed by atoms with Gasteiger partial charge in [0.15, 0.2) is 0 Å². The van der Waals surface area contributed by atoms with Crippen LogP contribution in [0.5, 0.6) is 5.75 Å². The first-order valence-electron chi connectivity index (χ1n) is 12.1. The number of carbonyl (C=O) groups is 1. The number of para-hydroxylation sites is 1. The molecule has 1 saturated carbocycles. The van der Waals surface area contributed by atoms with Crippen LogP contribution in [0.15, 0.2) is 53.3 Å². The first kappa shape index (κ1) is 24.0. The van der Waals surface area contributed by atoms with Crippen molar-refractivity contribution in [2.75, 3.05) is 26.9 Å². The van der Waals surface area contributed by atoms with Crippen LogP contribution >= 0.6 is 0 Å². The van der Waals surface area contributed by atoms with E-state index >= 15 is 0 Å². The lowest BCUT2D eigenvalue weighted by atomic mass is 10.0. The molecule has 1 fully saturated rings. The average Bonchev–Trinajstić information content (AvgIpc) is 3.40. The zero-order valence-corrected chi connectivity index (χ0v) is 20.2. The van der Waals surface area contributed by atoms with E-state index < -0.39 is 6.04 Å². The molecular weight excluding hydrogens is 430 g/mol. The maximum absolute atomic E-state index is 13.7. The zero-order chi connectivity index (χ0) is 24.1. The van der Waals surface area contributed by atoms with Gasteiger partial charge >= 0.3 is 0 Å². The first-order chi connectivity index (χ1) is 16.5. The van der Waals surface area contributed by atoms with E-state index in [-0.39, 0.29) is 17.4 Å². The molecule has 1 aliphatic rings. The Morgan fingerprint density at radius 3 is 2.53 bits per heavy atom. The van der Waals surface area contributed by atoms with Crippen molar-refractivity contribution in [3.63, 3.8) is 0 Å². The van der Waals surface area contributed by atoms with Gasteiger partial charge in [0.05, 0.1) is 35.8 Å². The van der Waals surface area contributed by atoms with E-state index in [2.05, 4.69) is 0 Å². The van der Waals surface area contributed by atoms with Gasteiger partial charge in [-0.15, -0.1) is 0 Å². The number of nitrogens with zero attached hydrogens (tertiary/aromatic N) is 3. The predicted octanol–water partition coefficient (Wildman–Crippen LogP) is 4.51. The van der Waals surface area contributed by atoms with Gasteiger partial charge in [0.1, 0.15) is 11.6 Å².